The minimum atomic E-state index is -4.75. The molecule has 0 saturated carbocycles. The number of rotatable bonds is 7. The van der Waals surface area contributed by atoms with Crippen molar-refractivity contribution in [2.75, 3.05) is 42.6 Å². The highest BCUT2D eigenvalue weighted by atomic mass is 35.5. The monoisotopic (exact) mass is 631 g/mol. The van der Waals surface area contributed by atoms with E-state index < -0.39 is 28.7 Å². The second-order valence-electron chi connectivity index (χ2n) is 10.2. The van der Waals surface area contributed by atoms with E-state index in [1.54, 1.807) is 24.8 Å². The maximum absolute atomic E-state index is 13.6. The largest absolute Gasteiger partial charge is 0.492 e. The zero-order valence-corrected chi connectivity index (χ0v) is 25.7. The Balaban J connectivity index is 0.00000294. The Morgan fingerprint density at radius 3 is 2.46 bits per heavy atom. The highest BCUT2D eigenvalue weighted by Crippen LogP contribution is 2.40. The molecule has 41 heavy (non-hydrogen) atoms. The normalized spacial score (nSPS) is 18.9. The molecule has 0 radical (unpaired) electrons. The van der Waals surface area contributed by atoms with Crippen LogP contribution in [0.25, 0.3) is 0 Å². The lowest BCUT2D eigenvalue weighted by Gasteiger charge is -2.33. The Kier molecular flexibility index (Phi) is 11.4. The second kappa shape index (κ2) is 13.6. The minimum absolute atomic E-state index is 0. The van der Waals surface area contributed by atoms with Gasteiger partial charge in [0, 0.05) is 37.9 Å². The van der Waals surface area contributed by atoms with Gasteiger partial charge in [-0.3, -0.25) is 14.6 Å². The molecule has 2 fully saturated rings. The zero-order valence-electron chi connectivity index (χ0n) is 23.2. The number of amides is 1. The van der Waals surface area contributed by atoms with E-state index >= 15 is 0 Å². The summed E-state index contributed by atoms with van der Waals surface area (Å²) in [6, 6.07) is 10.8. The van der Waals surface area contributed by atoms with Gasteiger partial charge in [0.1, 0.15) is 17.9 Å². The molecule has 1 amide bonds. The lowest BCUT2D eigenvalue weighted by molar-refractivity contribution is -0.137. The summed E-state index contributed by atoms with van der Waals surface area (Å²) < 4.78 is 47.0. The Morgan fingerprint density at radius 2 is 1.85 bits per heavy atom. The summed E-state index contributed by atoms with van der Waals surface area (Å²) >= 11 is 5.66. The third-order valence-electron chi connectivity index (χ3n) is 7.31. The van der Waals surface area contributed by atoms with Crippen LogP contribution in [0.1, 0.15) is 44.4 Å². The number of hydrogen-bond acceptors (Lipinski definition) is 6. The summed E-state index contributed by atoms with van der Waals surface area (Å²) in [4.78, 5) is 18.6. The maximum atomic E-state index is 13.6. The topological polar surface area (TPSA) is 71.8 Å². The number of aryl methyl sites for hydroxylation is 1. The Bertz CT molecular complexity index is 1320. The number of ether oxygens (including phenoxy) is 1. The van der Waals surface area contributed by atoms with E-state index in [1.807, 2.05) is 25.1 Å². The molecule has 2 saturated heterocycles. The highest BCUT2D eigenvalue weighted by Gasteiger charge is 2.50. The summed E-state index contributed by atoms with van der Waals surface area (Å²) in [7, 11) is 0. The summed E-state index contributed by atoms with van der Waals surface area (Å²) in [6.45, 7) is 11.8. The van der Waals surface area contributed by atoms with Crippen LogP contribution in [0.15, 0.2) is 36.4 Å². The van der Waals surface area contributed by atoms with E-state index in [1.165, 1.54) is 6.07 Å². The first-order chi connectivity index (χ1) is 18.4. The van der Waals surface area contributed by atoms with Crippen LogP contribution in [-0.2, 0) is 17.4 Å². The Hall–Kier alpha value is -2.62. The molecule has 0 unspecified atom stereocenters. The lowest BCUT2D eigenvalue weighted by Crippen LogP contribution is -2.50. The zero-order chi connectivity index (χ0) is 28.5. The van der Waals surface area contributed by atoms with Crippen LogP contribution in [0, 0.1) is 11.3 Å². The second-order valence-corrected chi connectivity index (χ2v) is 10.6. The van der Waals surface area contributed by atoms with Gasteiger partial charge in [0.2, 0.25) is 0 Å². The molecule has 2 aliphatic rings. The van der Waals surface area contributed by atoms with Crippen molar-refractivity contribution >= 4 is 59.4 Å². The van der Waals surface area contributed by atoms with Crippen molar-refractivity contribution in [3.8, 4) is 11.8 Å². The van der Waals surface area contributed by atoms with Crippen LogP contribution in [0.5, 0.6) is 5.75 Å². The molecule has 7 nitrogen and oxygen atoms in total. The average molecular weight is 633 g/mol. The van der Waals surface area contributed by atoms with Crippen molar-refractivity contribution in [2.24, 2.45) is 0 Å². The van der Waals surface area contributed by atoms with E-state index in [-0.39, 0.29) is 35.6 Å². The fraction of sp³-hybridized carbons (Fsp3) is 0.464. The van der Waals surface area contributed by atoms with E-state index in [2.05, 4.69) is 17.1 Å². The fourth-order valence-electron chi connectivity index (χ4n) is 5.07. The molecule has 2 aliphatic heterocycles. The van der Waals surface area contributed by atoms with Gasteiger partial charge in [0.05, 0.1) is 22.9 Å². The maximum Gasteiger partial charge on any atom is 0.417 e. The van der Waals surface area contributed by atoms with Gasteiger partial charge in [0.15, 0.2) is 5.11 Å². The molecule has 2 aromatic carbocycles. The van der Waals surface area contributed by atoms with Gasteiger partial charge in [-0.2, -0.15) is 18.4 Å². The Morgan fingerprint density at radius 1 is 1.17 bits per heavy atom. The number of carbonyl (C=O) groups excluding carboxylic acids is 1. The number of hydrogen-bond donors (Lipinski definition) is 1. The average Bonchev–Trinajstić information content (AvgIpc) is 3.07. The number of anilines is 2. The van der Waals surface area contributed by atoms with Crippen LogP contribution in [0.4, 0.5) is 24.5 Å². The third kappa shape index (κ3) is 6.89. The molecule has 13 heteroatoms. The van der Waals surface area contributed by atoms with Gasteiger partial charge in [-0.1, -0.05) is 6.92 Å². The summed E-state index contributed by atoms with van der Waals surface area (Å²) in [5.74, 6) is 0.283. The van der Waals surface area contributed by atoms with Crippen molar-refractivity contribution in [3.63, 3.8) is 0 Å². The molecule has 2 heterocycles. The van der Waals surface area contributed by atoms with Crippen LogP contribution in [0.2, 0.25) is 0 Å². The van der Waals surface area contributed by atoms with Crippen molar-refractivity contribution in [1.82, 2.24) is 10.2 Å². The van der Waals surface area contributed by atoms with Gasteiger partial charge in [-0.05, 0) is 81.4 Å². The van der Waals surface area contributed by atoms with Crippen LogP contribution < -0.4 is 19.9 Å². The first kappa shape index (κ1) is 34.6. The van der Waals surface area contributed by atoms with Crippen molar-refractivity contribution < 1.29 is 22.7 Å². The summed E-state index contributed by atoms with van der Waals surface area (Å²) in [5.41, 5.74) is -1.25. The predicted octanol–water partition coefficient (Wildman–Crippen LogP) is 5.57. The fourth-order valence-corrected chi connectivity index (χ4v) is 5.59. The van der Waals surface area contributed by atoms with Gasteiger partial charge in [-0.25, -0.2) is 0 Å². The third-order valence-corrected chi connectivity index (χ3v) is 7.68. The standard InChI is InChI=1S/C28H32F3N5O2S.2ClH/c1-5-19-14-22(8-9-24(19)38-13-12-34-11-10-33-17-18(34)2)36-26(39)35(25(37)27(36,3)4)21-7-6-20(16-32)23(15-21)28(29,30)31;;/h6-9,14-15,18,33H,5,10-13,17H2,1-4H3;2*1H/t18-;;/m1../s1. The molecule has 4 rings (SSSR count). The Labute approximate surface area is 256 Å². The number of halogens is 5. The number of nitrogens with one attached hydrogen (secondary N) is 1. The van der Waals surface area contributed by atoms with E-state index in [4.69, 9.17) is 22.2 Å². The van der Waals surface area contributed by atoms with Gasteiger partial charge < -0.3 is 15.0 Å². The molecule has 224 valence electrons. The molecule has 1 atom stereocenters. The van der Waals surface area contributed by atoms with Gasteiger partial charge in [-0.15, -0.1) is 24.8 Å². The van der Waals surface area contributed by atoms with Crippen molar-refractivity contribution in [2.45, 2.75) is 51.9 Å². The molecular formula is C28H34Cl2F3N5O2S. The molecular weight excluding hydrogens is 598 g/mol. The molecule has 1 N–H and O–H groups in total. The number of nitrogens with zero attached hydrogens (tertiary/aromatic N) is 4. The number of alkyl halides is 3. The van der Waals surface area contributed by atoms with E-state index in [0.29, 0.717) is 24.8 Å². The van der Waals surface area contributed by atoms with Crippen LogP contribution in [0.3, 0.4) is 0 Å². The number of thiocarbonyl (C=S) groups is 1. The first-order valence-electron chi connectivity index (χ1n) is 12.9. The number of carbonyl (C=O) groups is 1. The van der Waals surface area contributed by atoms with Crippen molar-refractivity contribution in [1.29, 1.82) is 5.26 Å². The van der Waals surface area contributed by atoms with E-state index in [0.717, 1.165) is 54.5 Å². The summed E-state index contributed by atoms with van der Waals surface area (Å²) in [5, 5.41) is 12.6. The van der Waals surface area contributed by atoms with E-state index in [9.17, 15) is 18.0 Å². The van der Waals surface area contributed by atoms with Gasteiger partial charge in [0.25, 0.3) is 5.91 Å². The number of nitriles is 1. The smallest absolute Gasteiger partial charge is 0.417 e. The van der Waals surface area contributed by atoms with Crippen LogP contribution >= 0.6 is 37.0 Å². The lowest BCUT2D eigenvalue weighted by atomic mass is 10.0. The highest BCUT2D eigenvalue weighted by molar-refractivity contribution is 7.81. The van der Waals surface area contributed by atoms with Crippen molar-refractivity contribution in [3.05, 3.63) is 53.1 Å². The van der Waals surface area contributed by atoms with Crippen LogP contribution in [-0.4, -0.2) is 60.3 Å². The molecule has 0 spiro atoms. The molecule has 0 aromatic heterocycles. The minimum Gasteiger partial charge on any atom is -0.492 e. The summed E-state index contributed by atoms with van der Waals surface area (Å²) in [6.07, 6.45) is -4.08. The molecule has 0 aliphatic carbocycles. The number of piperazine rings is 1. The van der Waals surface area contributed by atoms with Gasteiger partial charge >= 0.3 is 6.18 Å². The quantitative estimate of drug-likeness (QED) is 0.401. The predicted molar refractivity (Wildman–Crippen MR) is 163 cm³/mol. The SMILES string of the molecule is CCc1cc(N2C(=S)N(c3ccc(C#N)c(C(F)(F)F)c3)C(=O)C2(C)C)ccc1OCCN1CCNC[C@H]1C.Cl.Cl. The number of benzene rings is 2. The molecule has 2 aromatic rings. The first-order valence-corrected chi connectivity index (χ1v) is 13.3. The molecule has 0 bridgehead atoms.